The summed E-state index contributed by atoms with van der Waals surface area (Å²) in [6.45, 7) is 5.21. The Bertz CT molecular complexity index is 814. The van der Waals surface area contributed by atoms with E-state index in [1.165, 1.54) is 10.6 Å². The van der Waals surface area contributed by atoms with Crippen molar-refractivity contribution in [2.45, 2.75) is 33.1 Å². The van der Waals surface area contributed by atoms with Crippen LogP contribution in [0.2, 0.25) is 0 Å². The third-order valence-electron chi connectivity index (χ3n) is 5.35. The standard InChI is InChI=1S/C18H23N3O3/c1-3-18(12-22)6-9-20(10-7-18)16(23)14-11-19-15-13(2)5-4-8-21(15)17(14)24/h4-5,8,11,22H,3,6-7,9-10,12H2,1-2H3. The molecule has 128 valence electrons. The fourth-order valence-electron chi connectivity index (χ4n) is 3.37. The van der Waals surface area contributed by atoms with E-state index in [9.17, 15) is 14.7 Å². The topological polar surface area (TPSA) is 74.9 Å². The summed E-state index contributed by atoms with van der Waals surface area (Å²) in [6.07, 6.45) is 5.44. The van der Waals surface area contributed by atoms with Gasteiger partial charge in [0.05, 0.1) is 0 Å². The molecule has 0 saturated carbocycles. The lowest BCUT2D eigenvalue weighted by atomic mass is 9.77. The van der Waals surface area contributed by atoms with Crippen molar-refractivity contribution in [1.29, 1.82) is 0 Å². The smallest absolute Gasteiger partial charge is 0.270 e. The Hall–Kier alpha value is -2.21. The fraction of sp³-hybridized carbons (Fsp3) is 0.500. The number of hydrogen-bond donors (Lipinski definition) is 1. The van der Waals surface area contributed by atoms with Crippen molar-refractivity contribution in [2.24, 2.45) is 5.41 Å². The van der Waals surface area contributed by atoms with E-state index in [0.29, 0.717) is 18.7 Å². The zero-order valence-electron chi connectivity index (χ0n) is 14.2. The molecule has 3 heterocycles. The number of pyridine rings is 1. The molecular formula is C18H23N3O3. The van der Waals surface area contributed by atoms with E-state index in [0.717, 1.165) is 24.8 Å². The van der Waals surface area contributed by atoms with Gasteiger partial charge in [-0.05, 0) is 43.2 Å². The third-order valence-corrected chi connectivity index (χ3v) is 5.35. The number of fused-ring (bicyclic) bond motifs is 1. The molecule has 2 aromatic rings. The lowest BCUT2D eigenvalue weighted by Crippen LogP contribution is -2.45. The van der Waals surface area contributed by atoms with Gasteiger partial charge in [-0.25, -0.2) is 4.98 Å². The minimum atomic E-state index is -0.330. The minimum Gasteiger partial charge on any atom is -0.396 e. The predicted molar refractivity (Wildman–Crippen MR) is 91.1 cm³/mol. The monoisotopic (exact) mass is 329 g/mol. The Balaban J connectivity index is 1.88. The Morgan fingerprint density at radius 1 is 1.38 bits per heavy atom. The average molecular weight is 329 g/mol. The maximum absolute atomic E-state index is 12.7. The lowest BCUT2D eigenvalue weighted by Gasteiger charge is -2.40. The van der Waals surface area contributed by atoms with Crippen molar-refractivity contribution in [3.05, 3.63) is 46.0 Å². The van der Waals surface area contributed by atoms with Gasteiger partial charge in [0.2, 0.25) is 0 Å². The molecule has 0 aromatic carbocycles. The molecule has 0 atom stereocenters. The molecule has 0 spiro atoms. The van der Waals surface area contributed by atoms with Crippen LogP contribution in [0, 0.1) is 12.3 Å². The Morgan fingerprint density at radius 3 is 2.71 bits per heavy atom. The molecular weight excluding hydrogens is 306 g/mol. The highest BCUT2D eigenvalue weighted by atomic mass is 16.3. The first-order chi connectivity index (χ1) is 11.5. The van der Waals surface area contributed by atoms with Gasteiger partial charge in [0, 0.05) is 32.1 Å². The molecule has 1 saturated heterocycles. The van der Waals surface area contributed by atoms with Crippen LogP contribution >= 0.6 is 0 Å². The molecule has 1 N–H and O–H groups in total. The van der Waals surface area contributed by atoms with Crippen molar-refractivity contribution in [3.8, 4) is 0 Å². The Kier molecular flexibility index (Phi) is 4.41. The van der Waals surface area contributed by atoms with Crippen LogP contribution in [0.1, 0.15) is 42.1 Å². The summed E-state index contributed by atoms with van der Waals surface area (Å²) >= 11 is 0. The molecule has 0 unspecified atom stereocenters. The van der Waals surface area contributed by atoms with Gasteiger partial charge in [-0.15, -0.1) is 0 Å². The number of piperidine rings is 1. The van der Waals surface area contributed by atoms with Gasteiger partial charge in [0.25, 0.3) is 11.5 Å². The number of carbonyl (C=O) groups is 1. The highest BCUT2D eigenvalue weighted by Gasteiger charge is 2.34. The first kappa shape index (κ1) is 16.6. The number of aryl methyl sites for hydroxylation is 1. The van der Waals surface area contributed by atoms with Crippen LogP contribution in [0.3, 0.4) is 0 Å². The summed E-state index contributed by atoms with van der Waals surface area (Å²) in [6, 6.07) is 3.66. The highest BCUT2D eigenvalue weighted by molar-refractivity contribution is 5.93. The van der Waals surface area contributed by atoms with Crippen molar-refractivity contribution >= 4 is 11.6 Å². The number of aliphatic hydroxyl groups is 1. The van der Waals surface area contributed by atoms with E-state index in [1.807, 2.05) is 13.0 Å². The normalized spacial score (nSPS) is 17.2. The third kappa shape index (κ3) is 2.71. The number of rotatable bonds is 3. The van der Waals surface area contributed by atoms with Crippen LogP contribution in [0.15, 0.2) is 29.3 Å². The van der Waals surface area contributed by atoms with E-state index >= 15 is 0 Å². The van der Waals surface area contributed by atoms with E-state index < -0.39 is 0 Å². The molecule has 1 aliphatic rings. The molecule has 0 aliphatic carbocycles. The second-order valence-corrected chi connectivity index (χ2v) is 6.67. The van der Waals surface area contributed by atoms with Crippen LogP contribution < -0.4 is 5.56 Å². The molecule has 1 amide bonds. The number of carbonyl (C=O) groups excluding carboxylic acids is 1. The summed E-state index contributed by atoms with van der Waals surface area (Å²) < 4.78 is 1.43. The number of aromatic nitrogens is 2. The largest absolute Gasteiger partial charge is 0.396 e. The van der Waals surface area contributed by atoms with Crippen molar-refractivity contribution in [1.82, 2.24) is 14.3 Å². The highest BCUT2D eigenvalue weighted by Crippen LogP contribution is 2.34. The lowest BCUT2D eigenvalue weighted by molar-refractivity contribution is 0.0336. The van der Waals surface area contributed by atoms with Crippen LogP contribution in [-0.4, -0.2) is 45.0 Å². The van der Waals surface area contributed by atoms with Gasteiger partial charge in [-0.3, -0.25) is 14.0 Å². The summed E-state index contributed by atoms with van der Waals surface area (Å²) in [7, 11) is 0. The molecule has 6 heteroatoms. The SMILES string of the molecule is CCC1(CO)CCN(C(=O)c2cnc3c(C)cccn3c2=O)CC1. The zero-order chi connectivity index (χ0) is 17.3. The van der Waals surface area contributed by atoms with Crippen molar-refractivity contribution in [3.63, 3.8) is 0 Å². The molecule has 0 bridgehead atoms. The molecule has 1 aliphatic heterocycles. The number of amides is 1. The van der Waals surface area contributed by atoms with E-state index in [-0.39, 0.29) is 29.1 Å². The van der Waals surface area contributed by atoms with Gasteiger partial charge >= 0.3 is 0 Å². The van der Waals surface area contributed by atoms with Crippen LogP contribution in [-0.2, 0) is 0 Å². The van der Waals surface area contributed by atoms with Crippen LogP contribution in [0.25, 0.3) is 5.65 Å². The van der Waals surface area contributed by atoms with Gasteiger partial charge in [-0.1, -0.05) is 13.0 Å². The zero-order valence-corrected chi connectivity index (χ0v) is 14.2. The second-order valence-electron chi connectivity index (χ2n) is 6.67. The maximum atomic E-state index is 12.7. The summed E-state index contributed by atoms with van der Waals surface area (Å²) in [5, 5.41) is 9.61. The minimum absolute atomic E-state index is 0.0927. The van der Waals surface area contributed by atoms with Crippen molar-refractivity contribution in [2.75, 3.05) is 19.7 Å². The van der Waals surface area contributed by atoms with Gasteiger partial charge in [-0.2, -0.15) is 0 Å². The summed E-state index contributed by atoms with van der Waals surface area (Å²) in [5.74, 6) is -0.272. The predicted octanol–water partition coefficient (Wildman–Crippen LogP) is 1.63. The number of nitrogens with zero attached hydrogens (tertiary/aromatic N) is 3. The van der Waals surface area contributed by atoms with Crippen LogP contribution in [0.5, 0.6) is 0 Å². The number of aliphatic hydroxyl groups excluding tert-OH is 1. The average Bonchev–Trinajstić information content (AvgIpc) is 2.62. The molecule has 1 fully saturated rings. The quantitative estimate of drug-likeness (QED) is 0.929. The van der Waals surface area contributed by atoms with E-state index in [1.54, 1.807) is 17.2 Å². The first-order valence-corrected chi connectivity index (χ1v) is 8.38. The summed E-state index contributed by atoms with van der Waals surface area (Å²) in [5.41, 5.74) is 1.14. The Labute approximate surface area is 140 Å². The molecule has 6 nitrogen and oxygen atoms in total. The summed E-state index contributed by atoms with van der Waals surface area (Å²) in [4.78, 5) is 31.4. The maximum Gasteiger partial charge on any atom is 0.270 e. The molecule has 24 heavy (non-hydrogen) atoms. The van der Waals surface area contributed by atoms with Crippen LogP contribution in [0.4, 0.5) is 0 Å². The molecule has 3 rings (SSSR count). The van der Waals surface area contributed by atoms with Gasteiger partial charge in [0.15, 0.2) is 0 Å². The molecule has 2 aromatic heterocycles. The van der Waals surface area contributed by atoms with Gasteiger partial charge in [0.1, 0.15) is 11.2 Å². The first-order valence-electron chi connectivity index (χ1n) is 8.38. The van der Waals surface area contributed by atoms with Crippen molar-refractivity contribution < 1.29 is 9.90 Å². The number of hydrogen-bond acceptors (Lipinski definition) is 4. The van der Waals surface area contributed by atoms with Gasteiger partial charge < -0.3 is 10.0 Å². The second kappa shape index (κ2) is 6.36. The van der Waals surface area contributed by atoms with E-state index in [2.05, 4.69) is 11.9 Å². The fourth-order valence-corrected chi connectivity index (χ4v) is 3.37. The Morgan fingerprint density at radius 2 is 2.08 bits per heavy atom. The molecule has 0 radical (unpaired) electrons. The number of likely N-dealkylation sites (tertiary alicyclic amines) is 1. The van der Waals surface area contributed by atoms with E-state index in [4.69, 9.17) is 0 Å².